The second-order valence-electron chi connectivity index (χ2n) is 3.87. The Kier molecular flexibility index (Phi) is 1.85. The zero-order valence-corrected chi connectivity index (χ0v) is 7.66. The van der Waals surface area contributed by atoms with E-state index in [0.717, 1.165) is 5.04 Å². The highest BCUT2D eigenvalue weighted by molar-refractivity contribution is 6.40. The van der Waals surface area contributed by atoms with Crippen molar-refractivity contribution < 1.29 is 0 Å². The Hall–Kier alpha value is 0.217. The van der Waals surface area contributed by atoms with Crippen molar-refractivity contribution in [1.82, 2.24) is 0 Å². The van der Waals surface area contributed by atoms with Crippen molar-refractivity contribution in [2.24, 2.45) is 0 Å². The fourth-order valence-electron chi connectivity index (χ4n) is 2.51. The molecule has 0 unspecified atom stereocenters. The van der Waals surface area contributed by atoms with Crippen molar-refractivity contribution in [3.05, 3.63) is 0 Å². The normalized spacial score (nSPS) is 31.2. The van der Waals surface area contributed by atoms with Crippen LogP contribution >= 0.6 is 0 Å². The zero-order valence-electron chi connectivity index (χ0n) is 6.66. The molecular formula is C9H16Si. The quantitative estimate of drug-likeness (QED) is 0.468. The fourth-order valence-corrected chi connectivity index (χ4v) is 4.53. The lowest BCUT2D eigenvalue weighted by Gasteiger charge is -2.32. The summed E-state index contributed by atoms with van der Waals surface area (Å²) in [6, 6.07) is 1.56. The molecule has 0 amide bonds. The molecule has 0 bridgehead atoms. The van der Waals surface area contributed by atoms with Crippen LogP contribution < -0.4 is 0 Å². The smallest absolute Gasteiger partial charge is 0.0455 e. The first-order chi connectivity index (χ1) is 4.91. The molecule has 0 N–H and O–H groups in total. The van der Waals surface area contributed by atoms with Crippen molar-refractivity contribution in [1.29, 1.82) is 0 Å². The van der Waals surface area contributed by atoms with Gasteiger partial charge in [-0.2, -0.15) is 0 Å². The summed E-state index contributed by atoms with van der Waals surface area (Å²) in [5, 5.41) is 0.901. The second-order valence-corrected chi connectivity index (χ2v) is 5.79. The first-order valence-electron chi connectivity index (χ1n) is 4.66. The average molecular weight is 152 g/mol. The van der Waals surface area contributed by atoms with Gasteiger partial charge in [-0.1, -0.05) is 51.0 Å². The van der Waals surface area contributed by atoms with Gasteiger partial charge in [0, 0.05) is 9.52 Å². The average Bonchev–Trinajstić information content (AvgIpc) is 2.39. The Balaban J connectivity index is 1.98. The van der Waals surface area contributed by atoms with E-state index in [4.69, 9.17) is 0 Å². The van der Waals surface area contributed by atoms with E-state index in [2.05, 4.69) is 0 Å². The predicted octanol–water partition coefficient (Wildman–Crippen LogP) is 3.03. The molecule has 1 saturated carbocycles. The third-order valence-corrected chi connectivity index (χ3v) is 5.25. The van der Waals surface area contributed by atoms with E-state index in [1.54, 1.807) is 25.3 Å². The van der Waals surface area contributed by atoms with Crippen LogP contribution in [0.4, 0.5) is 0 Å². The molecule has 2 fully saturated rings. The molecule has 0 aromatic rings. The molecule has 0 nitrogen and oxygen atoms in total. The first kappa shape index (κ1) is 6.90. The SMILES string of the molecule is C1CCC2(CCCC2)[Si]C1. The predicted molar refractivity (Wildman–Crippen MR) is 45.6 cm³/mol. The van der Waals surface area contributed by atoms with Gasteiger partial charge in [-0.3, -0.25) is 0 Å². The largest absolute Gasteiger partial charge is 0.0607 e. The molecule has 0 aromatic carbocycles. The molecular weight excluding hydrogens is 136 g/mol. The summed E-state index contributed by atoms with van der Waals surface area (Å²) in [5.74, 6) is 0. The molecule has 56 valence electrons. The van der Waals surface area contributed by atoms with Crippen molar-refractivity contribution >= 4 is 9.52 Å². The van der Waals surface area contributed by atoms with Crippen molar-refractivity contribution in [2.45, 2.75) is 56.0 Å². The van der Waals surface area contributed by atoms with E-state index in [1.807, 2.05) is 0 Å². The van der Waals surface area contributed by atoms with Gasteiger partial charge in [-0.15, -0.1) is 0 Å². The summed E-state index contributed by atoms with van der Waals surface area (Å²) in [7, 11) is 1.33. The minimum absolute atomic E-state index is 0.901. The van der Waals surface area contributed by atoms with Crippen LogP contribution in [0.2, 0.25) is 11.1 Å². The van der Waals surface area contributed by atoms with Gasteiger partial charge in [0.15, 0.2) is 0 Å². The fraction of sp³-hybridized carbons (Fsp3) is 1.00. The highest BCUT2D eigenvalue weighted by Crippen LogP contribution is 2.50. The molecule has 1 heteroatoms. The Morgan fingerprint density at radius 1 is 0.800 bits per heavy atom. The van der Waals surface area contributed by atoms with Crippen LogP contribution in [0.5, 0.6) is 0 Å². The highest BCUT2D eigenvalue weighted by Gasteiger charge is 2.34. The summed E-state index contributed by atoms with van der Waals surface area (Å²) in [6.07, 6.45) is 10.9. The minimum atomic E-state index is 0.901. The lowest BCUT2D eigenvalue weighted by Crippen LogP contribution is -2.20. The van der Waals surface area contributed by atoms with Gasteiger partial charge in [0.05, 0.1) is 0 Å². The van der Waals surface area contributed by atoms with E-state index < -0.39 is 0 Å². The van der Waals surface area contributed by atoms with Crippen molar-refractivity contribution in [3.8, 4) is 0 Å². The van der Waals surface area contributed by atoms with Gasteiger partial charge in [0.25, 0.3) is 0 Å². The van der Waals surface area contributed by atoms with Crippen LogP contribution in [-0.2, 0) is 0 Å². The number of rotatable bonds is 0. The Bertz CT molecular complexity index is 106. The summed E-state index contributed by atoms with van der Waals surface area (Å²) < 4.78 is 0. The molecule has 1 spiro atoms. The molecule has 1 aliphatic heterocycles. The molecule has 2 rings (SSSR count). The summed E-state index contributed by atoms with van der Waals surface area (Å²) in [5.41, 5.74) is 0. The molecule has 2 aliphatic rings. The molecule has 2 radical (unpaired) electrons. The number of hydrogen-bond acceptors (Lipinski definition) is 0. The van der Waals surface area contributed by atoms with Gasteiger partial charge < -0.3 is 0 Å². The van der Waals surface area contributed by atoms with Crippen LogP contribution in [0.3, 0.4) is 0 Å². The maximum absolute atomic E-state index is 1.57. The summed E-state index contributed by atoms with van der Waals surface area (Å²) in [4.78, 5) is 0. The standard InChI is InChI=1S/C9H16Si/c1-2-6-9(5-1)7-3-4-8-10-9/h1-8H2. The van der Waals surface area contributed by atoms with Gasteiger partial charge >= 0.3 is 0 Å². The maximum Gasteiger partial charge on any atom is 0.0455 e. The number of hydrogen-bond donors (Lipinski definition) is 0. The van der Waals surface area contributed by atoms with Crippen molar-refractivity contribution in [3.63, 3.8) is 0 Å². The van der Waals surface area contributed by atoms with E-state index >= 15 is 0 Å². The lowest BCUT2D eigenvalue weighted by molar-refractivity contribution is 0.472. The topological polar surface area (TPSA) is 0 Å². The van der Waals surface area contributed by atoms with Crippen LogP contribution in [0.25, 0.3) is 0 Å². The Labute approximate surface area is 66.2 Å². The van der Waals surface area contributed by atoms with E-state index in [9.17, 15) is 0 Å². The monoisotopic (exact) mass is 152 g/mol. The molecule has 10 heavy (non-hydrogen) atoms. The van der Waals surface area contributed by atoms with E-state index in [-0.39, 0.29) is 0 Å². The van der Waals surface area contributed by atoms with E-state index in [1.165, 1.54) is 35.2 Å². The molecule has 1 saturated heterocycles. The third kappa shape index (κ3) is 1.16. The summed E-state index contributed by atoms with van der Waals surface area (Å²) in [6.45, 7) is 0. The van der Waals surface area contributed by atoms with E-state index in [0.29, 0.717) is 0 Å². The molecule has 0 aromatic heterocycles. The van der Waals surface area contributed by atoms with Gasteiger partial charge in [-0.05, 0) is 5.04 Å². The van der Waals surface area contributed by atoms with Gasteiger partial charge in [-0.25, -0.2) is 0 Å². The summed E-state index contributed by atoms with van der Waals surface area (Å²) >= 11 is 0. The van der Waals surface area contributed by atoms with Gasteiger partial charge in [0.1, 0.15) is 0 Å². The van der Waals surface area contributed by atoms with Crippen LogP contribution in [-0.4, -0.2) is 9.52 Å². The van der Waals surface area contributed by atoms with Crippen LogP contribution in [0, 0.1) is 0 Å². The minimum Gasteiger partial charge on any atom is -0.0607 e. The first-order valence-corrected chi connectivity index (χ1v) is 5.87. The molecule has 0 atom stereocenters. The zero-order chi connectivity index (χ0) is 6.86. The maximum atomic E-state index is 1.57. The van der Waals surface area contributed by atoms with Crippen LogP contribution in [0.15, 0.2) is 0 Å². The van der Waals surface area contributed by atoms with Crippen molar-refractivity contribution in [2.75, 3.05) is 0 Å². The Morgan fingerprint density at radius 2 is 1.40 bits per heavy atom. The molecule has 1 heterocycles. The molecule has 1 aliphatic carbocycles. The second kappa shape index (κ2) is 2.69. The van der Waals surface area contributed by atoms with Crippen LogP contribution in [0.1, 0.15) is 44.9 Å². The van der Waals surface area contributed by atoms with Gasteiger partial charge in [0.2, 0.25) is 0 Å². The third-order valence-electron chi connectivity index (χ3n) is 3.14. The lowest BCUT2D eigenvalue weighted by atomic mass is 9.98. The highest BCUT2D eigenvalue weighted by atomic mass is 28.2. The Morgan fingerprint density at radius 3 is 1.90 bits per heavy atom.